The van der Waals surface area contributed by atoms with E-state index in [9.17, 15) is 14.9 Å². The summed E-state index contributed by atoms with van der Waals surface area (Å²) in [5, 5.41) is 16.2. The number of nitriles is 1. The molecule has 1 N–H and O–H groups in total. The third-order valence-corrected chi connectivity index (χ3v) is 8.77. The Bertz CT molecular complexity index is 1590. The number of carbonyl (C=O) groups is 2. The standard InChI is InChI=1S/C32H27N3O3S/c1-20(36)16-38-23-13-11-21(12-14-23)15-22-17-39-30(34-22)35-29(37)31(2)18-32(19-33)26-9-5-3-7-24(26)28(31)25-8-4-6-10-27(25)32/h3-14,17,28H,15-16,18H2,1-2H3,(H,34,35,37). The third-order valence-electron chi connectivity index (χ3n) is 7.97. The highest BCUT2D eigenvalue weighted by Gasteiger charge is 2.61. The van der Waals surface area contributed by atoms with Gasteiger partial charge in [-0.15, -0.1) is 11.3 Å². The first-order valence-corrected chi connectivity index (χ1v) is 13.8. The second kappa shape index (κ2) is 9.48. The largest absolute Gasteiger partial charge is 0.486 e. The Morgan fingerprint density at radius 2 is 1.69 bits per heavy atom. The predicted molar refractivity (Wildman–Crippen MR) is 150 cm³/mol. The van der Waals surface area contributed by atoms with E-state index in [0.717, 1.165) is 33.5 Å². The van der Waals surface area contributed by atoms with Gasteiger partial charge in [0.25, 0.3) is 0 Å². The fourth-order valence-electron chi connectivity index (χ4n) is 6.27. The van der Waals surface area contributed by atoms with E-state index >= 15 is 0 Å². The third kappa shape index (κ3) is 4.12. The van der Waals surface area contributed by atoms with Crippen molar-refractivity contribution in [1.29, 1.82) is 5.26 Å². The first-order chi connectivity index (χ1) is 18.8. The molecular weight excluding hydrogens is 506 g/mol. The molecule has 1 aromatic heterocycles. The molecule has 7 rings (SSSR count). The summed E-state index contributed by atoms with van der Waals surface area (Å²) >= 11 is 1.40. The van der Waals surface area contributed by atoms with Crippen molar-refractivity contribution in [2.75, 3.05) is 11.9 Å². The van der Waals surface area contributed by atoms with Gasteiger partial charge in [-0.2, -0.15) is 5.26 Å². The monoisotopic (exact) mass is 533 g/mol. The second-order valence-electron chi connectivity index (χ2n) is 10.6. The topological polar surface area (TPSA) is 92.1 Å². The number of thiazole rings is 1. The van der Waals surface area contributed by atoms with Crippen molar-refractivity contribution < 1.29 is 14.3 Å². The lowest BCUT2D eigenvalue weighted by Gasteiger charge is -2.54. The van der Waals surface area contributed by atoms with E-state index in [0.29, 0.717) is 23.7 Å². The number of amides is 1. The summed E-state index contributed by atoms with van der Waals surface area (Å²) in [6.45, 7) is 3.53. The molecule has 0 saturated carbocycles. The van der Waals surface area contributed by atoms with Crippen LogP contribution < -0.4 is 10.1 Å². The lowest BCUT2D eigenvalue weighted by molar-refractivity contribution is -0.127. The first-order valence-electron chi connectivity index (χ1n) is 12.9. The molecule has 3 aliphatic carbocycles. The van der Waals surface area contributed by atoms with Gasteiger partial charge >= 0.3 is 0 Å². The van der Waals surface area contributed by atoms with Crippen molar-refractivity contribution in [2.45, 2.75) is 38.0 Å². The minimum Gasteiger partial charge on any atom is -0.486 e. The molecular formula is C32H27N3O3S. The fourth-order valence-corrected chi connectivity index (χ4v) is 6.98. The van der Waals surface area contributed by atoms with Gasteiger partial charge in [0.15, 0.2) is 10.9 Å². The van der Waals surface area contributed by atoms with Crippen molar-refractivity contribution in [1.82, 2.24) is 4.98 Å². The number of rotatable bonds is 7. The molecule has 2 bridgehead atoms. The SMILES string of the molecule is CC(=O)COc1ccc(Cc2csc(NC(=O)C3(C)CC4(C#N)c5ccccc5C3c3ccccc34)n2)cc1. The van der Waals surface area contributed by atoms with Gasteiger partial charge in [-0.3, -0.25) is 9.59 Å². The maximum atomic E-state index is 14.0. The quantitative estimate of drug-likeness (QED) is 0.314. The Kier molecular flexibility index (Phi) is 6.08. The number of nitrogens with zero attached hydrogens (tertiary/aromatic N) is 2. The minimum atomic E-state index is -0.873. The van der Waals surface area contributed by atoms with Gasteiger partial charge in [0.05, 0.1) is 17.2 Å². The molecule has 1 unspecified atom stereocenters. The number of ether oxygens (including phenoxy) is 1. The summed E-state index contributed by atoms with van der Waals surface area (Å²) in [7, 11) is 0. The van der Waals surface area contributed by atoms with Crippen LogP contribution in [0.1, 0.15) is 59.7 Å². The molecule has 0 saturated heterocycles. The van der Waals surface area contributed by atoms with Crippen LogP contribution in [0.4, 0.5) is 5.13 Å². The van der Waals surface area contributed by atoms with Crippen LogP contribution >= 0.6 is 11.3 Å². The van der Waals surface area contributed by atoms with Crippen LogP contribution in [-0.2, 0) is 21.4 Å². The Morgan fingerprint density at radius 3 is 2.31 bits per heavy atom. The molecule has 0 spiro atoms. The normalized spacial score (nSPS) is 22.3. The van der Waals surface area contributed by atoms with Gasteiger partial charge in [-0.05, 0) is 60.2 Å². The second-order valence-corrected chi connectivity index (χ2v) is 11.5. The zero-order valence-corrected chi connectivity index (χ0v) is 22.5. The van der Waals surface area contributed by atoms with Crippen LogP contribution in [-0.4, -0.2) is 23.3 Å². The molecule has 6 nitrogen and oxygen atoms in total. The van der Waals surface area contributed by atoms with Crippen molar-refractivity contribution in [2.24, 2.45) is 5.41 Å². The highest BCUT2D eigenvalue weighted by atomic mass is 32.1. The highest BCUT2D eigenvalue weighted by Crippen LogP contribution is 2.63. The van der Waals surface area contributed by atoms with E-state index in [1.54, 1.807) is 0 Å². The summed E-state index contributed by atoms with van der Waals surface area (Å²) in [6, 6.07) is 26.3. The average molecular weight is 534 g/mol. The van der Waals surface area contributed by atoms with E-state index < -0.39 is 10.8 Å². The number of nitrogens with one attached hydrogen (secondary N) is 1. The van der Waals surface area contributed by atoms with Crippen molar-refractivity contribution in [3.8, 4) is 11.8 Å². The lowest BCUT2D eigenvalue weighted by Crippen LogP contribution is -2.53. The molecule has 4 aromatic rings. The lowest BCUT2D eigenvalue weighted by atomic mass is 9.47. The van der Waals surface area contributed by atoms with Gasteiger partial charge in [-0.1, -0.05) is 60.7 Å². The smallest absolute Gasteiger partial charge is 0.233 e. The summed E-state index contributed by atoms with van der Waals surface area (Å²) in [6.07, 6.45) is 1.02. The molecule has 1 heterocycles. The molecule has 0 radical (unpaired) electrons. The Morgan fingerprint density at radius 1 is 1.05 bits per heavy atom. The summed E-state index contributed by atoms with van der Waals surface area (Å²) in [5.41, 5.74) is 4.34. The van der Waals surface area contributed by atoms with Crippen LogP contribution in [0.25, 0.3) is 0 Å². The minimum absolute atomic E-state index is 0.0257. The van der Waals surface area contributed by atoms with Crippen LogP contribution in [0, 0.1) is 16.7 Å². The Labute approximate surface area is 231 Å². The zero-order chi connectivity index (χ0) is 27.2. The molecule has 0 fully saturated rings. The van der Waals surface area contributed by atoms with Crippen LogP contribution in [0.2, 0.25) is 0 Å². The van der Waals surface area contributed by atoms with E-state index in [1.165, 1.54) is 18.3 Å². The molecule has 7 heteroatoms. The van der Waals surface area contributed by atoms with Gasteiger partial charge in [0, 0.05) is 17.7 Å². The van der Waals surface area contributed by atoms with E-state index in [-0.39, 0.29) is 24.2 Å². The molecule has 39 heavy (non-hydrogen) atoms. The fraction of sp³-hybridized carbons (Fsp3) is 0.250. The van der Waals surface area contributed by atoms with Gasteiger partial charge in [-0.25, -0.2) is 4.98 Å². The van der Waals surface area contributed by atoms with Gasteiger partial charge in [0.2, 0.25) is 5.91 Å². The highest BCUT2D eigenvalue weighted by molar-refractivity contribution is 7.13. The molecule has 0 aliphatic heterocycles. The summed E-state index contributed by atoms with van der Waals surface area (Å²) in [4.78, 5) is 29.8. The number of hydrogen-bond donors (Lipinski definition) is 1. The summed E-state index contributed by atoms with van der Waals surface area (Å²) in [5.74, 6) is 0.350. The molecule has 3 aromatic carbocycles. The number of carbonyl (C=O) groups excluding carboxylic acids is 2. The number of anilines is 1. The van der Waals surface area contributed by atoms with Crippen LogP contribution in [0.5, 0.6) is 5.75 Å². The van der Waals surface area contributed by atoms with Crippen LogP contribution in [0.15, 0.2) is 78.2 Å². The number of Topliss-reactive ketones (excluding diaryl/α,β-unsaturated/α-hetero) is 1. The number of aromatic nitrogens is 1. The number of fused-ring (bicyclic) bond motifs is 1. The average Bonchev–Trinajstić information content (AvgIpc) is 3.39. The van der Waals surface area contributed by atoms with Gasteiger partial charge < -0.3 is 10.1 Å². The number of benzene rings is 3. The van der Waals surface area contributed by atoms with Gasteiger partial charge in [0.1, 0.15) is 17.8 Å². The van der Waals surface area contributed by atoms with Crippen molar-refractivity contribution >= 4 is 28.2 Å². The molecule has 1 amide bonds. The molecule has 1 atom stereocenters. The Hall–Kier alpha value is -4.28. The van der Waals surface area contributed by atoms with E-state index in [1.807, 2.05) is 73.0 Å². The Balaban J connectivity index is 1.24. The molecule has 194 valence electrons. The number of hydrogen-bond acceptors (Lipinski definition) is 6. The van der Waals surface area contributed by atoms with Crippen LogP contribution in [0.3, 0.4) is 0 Å². The summed E-state index contributed by atoms with van der Waals surface area (Å²) < 4.78 is 5.44. The maximum Gasteiger partial charge on any atom is 0.233 e. The maximum absolute atomic E-state index is 14.0. The van der Waals surface area contributed by atoms with E-state index in [4.69, 9.17) is 4.74 Å². The van der Waals surface area contributed by atoms with E-state index in [2.05, 4.69) is 28.5 Å². The van der Waals surface area contributed by atoms with Crippen molar-refractivity contribution in [3.63, 3.8) is 0 Å². The predicted octanol–water partition coefficient (Wildman–Crippen LogP) is 6.01. The number of ketones is 1. The zero-order valence-electron chi connectivity index (χ0n) is 21.7. The molecule has 3 aliphatic rings. The van der Waals surface area contributed by atoms with Crippen molar-refractivity contribution in [3.05, 3.63) is 112 Å². The first kappa shape index (κ1) is 25.0.